The van der Waals surface area contributed by atoms with Crippen LogP contribution in [0.1, 0.15) is 18.9 Å². The molecule has 0 fully saturated rings. The average molecular weight is 250 g/mol. The van der Waals surface area contributed by atoms with E-state index in [-0.39, 0.29) is 24.5 Å². The van der Waals surface area contributed by atoms with Gasteiger partial charge in [0.2, 0.25) is 5.91 Å². The first-order valence-electron chi connectivity index (χ1n) is 6.32. The molecule has 4 N–H and O–H groups in total. The lowest BCUT2D eigenvalue weighted by atomic mass is 10.0. The first kappa shape index (κ1) is 14.7. The average Bonchev–Trinajstić information content (AvgIpc) is 2.39. The second kappa shape index (κ2) is 7.84. The first-order chi connectivity index (χ1) is 8.67. The Hall–Kier alpha value is -1.39. The number of benzene rings is 1. The SMILES string of the molecule is CC(CCN)C(=O)N[C@@H](CO)Cc1ccccc1. The molecule has 0 saturated carbocycles. The van der Waals surface area contributed by atoms with Crippen molar-refractivity contribution in [3.63, 3.8) is 0 Å². The van der Waals surface area contributed by atoms with E-state index in [0.717, 1.165) is 5.56 Å². The van der Waals surface area contributed by atoms with Crippen LogP contribution in [0.4, 0.5) is 0 Å². The molecule has 1 amide bonds. The molecule has 1 aromatic carbocycles. The molecule has 1 rings (SSSR count). The van der Waals surface area contributed by atoms with E-state index in [0.29, 0.717) is 19.4 Å². The standard InChI is InChI=1S/C14H22N2O2/c1-11(7-8-15)14(18)16-13(10-17)9-12-5-3-2-4-6-12/h2-6,11,13,17H,7-10,15H2,1H3,(H,16,18)/t11?,13-/m1/s1. The van der Waals surface area contributed by atoms with E-state index in [1.54, 1.807) is 0 Å². The molecule has 4 heteroatoms. The molecule has 4 nitrogen and oxygen atoms in total. The molecule has 0 aromatic heterocycles. The topological polar surface area (TPSA) is 75.4 Å². The quantitative estimate of drug-likeness (QED) is 0.666. The van der Waals surface area contributed by atoms with Crippen LogP contribution in [0.2, 0.25) is 0 Å². The second-order valence-electron chi connectivity index (χ2n) is 4.56. The second-order valence-corrected chi connectivity index (χ2v) is 4.56. The van der Waals surface area contributed by atoms with E-state index < -0.39 is 0 Å². The van der Waals surface area contributed by atoms with Crippen LogP contribution in [0, 0.1) is 5.92 Å². The molecule has 2 atom stereocenters. The number of hydrogen-bond donors (Lipinski definition) is 3. The number of hydrogen-bond acceptors (Lipinski definition) is 3. The molecule has 0 aliphatic rings. The van der Waals surface area contributed by atoms with Crippen molar-refractivity contribution in [2.75, 3.05) is 13.2 Å². The van der Waals surface area contributed by atoms with Gasteiger partial charge in [-0.1, -0.05) is 37.3 Å². The first-order valence-corrected chi connectivity index (χ1v) is 6.32. The summed E-state index contributed by atoms with van der Waals surface area (Å²) < 4.78 is 0. The van der Waals surface area contributed by atoms with Crippen molar-refractivity contribution in [3.8, 4) is 0 Å². The molecule has 18 heavy (non-hydrogen) atoms. The van der Waals surface area contributed by atoms with E-state index in [4.69, 9.17) is 5.73 Å². The summed E-state index contributed by atoms with van der Waals surface area (Å²) in [5.74, 6) is -0.157. The van der Waals surface area contributed by atoms with E-state index >= 15 is 0 Å². The van der Waals surface area contributed by atoms with Gasteiger partial charge in [0, 0.05) is 5.92 Å². The molecule has 0 aliphatic carbocycles. The van der Waals surface area contributed by atoms with Crippen LogP contribution in [-0.4, -0.2) is 30.2 Å². The normalized spacial score (nSPS) is 13.9. The van der Waals surface area contributed by atoms with Gasteiger partial charge in [-0.25, -0.2) is 0 Å². The number of carbonyl (C=O) groups excluding carboxylic acids is 1. The van der Waals surface area contributed by atoms with Crippen molar-refractivity contribution >= 4 is 5.91 Å². The van der Waals surface area contributed by atoms with Crippen molar-refractivity contribution in [1.29, 1.82) is 0 Å². The molecule has 1 unspecified atom stereocenters. The fourth-order valence-corrected chi connectivity index (χ4v) is 1.78. The predicted octanol–water partition coefficient (Wildman–Crippen LogP) is 0.691. The number of rotatable bonds is 7. The smallest absolute Gasteiger partial charge is 0.223 e. The molecule has 0 radical (unpaired) electrons. The van der Waals surface area contributed by atoms with Gasteiger partial charge < -0.3 is 16.2 Å². The van der Waals surface area contributed by atoms with Crippen molar-refractivity contribution in [2.24, 2.45) is 11.7 Å². The number of carbonyl (C=O) groups is 1. The lowest BCUT2D eigenvalue weighted by molar-refractivity contribution is -0.125. The Bertz CT molecular complexity index is 354. The fraction of sp³-hybridized carbons (Fsp3) is 0.500. The summed E-state index contributed by atoms with van der Waals surface area (Å²) in [5.41, 5.74) is 6.53. The summed E-state index contributed by atoms with van der Waals surface area (Å²) in [4.78, 5) is 11.8. The third-order valence-electron chi connectivity index (χ3n) is 2.94. The van der Waals surface area contributed by atoms with Crippen molar-refractivity contribution in [1.82, 2.24) is 5.32 Å². The zero-order valence-electron chi connectivity index (χ0n) is 10.8. The highest BCUT2D eigenvalue weighted by Gasteiger charge is 2.16. The van der Waals surface area contributed by atoms with Crippen molar-refractivity contribution in [2.45, 2.75) is 25.8 Å². The Morgan fingerprint density at radius 1 is 1.39 bits per heavy atom. The minimum absolute atomic E-state index is 0.0459. The van der Waals surface area contributed by atoms with Gasteiger partial charge in [-0.05, 0) is 24.9 Å². The molecular formula is C14H22N2O2. The van der Waals surface area contributed by atoms with Crippen LogP contribution in [0.5, 0.6) is 0 Å². The van der Waals surface area contributed by atoms with E-state index in [1.165, 1.54) is 0 Å². The van der Waals surface area contributed by atoms with Gasteiger partial charge >= 0.3 is 0 Å². The number of aliphatic hydroxyl groups is 1. The largest absolute Gasteiger partial charge is 0.394 e. The number of nitrogens with two attached hydrogens (primary N) is 1. The third-order valence-corrected chi connectivity index (χ3v) is 2.94. The van der Waals surface area contributed by atoms with Crippen molar-refractivity contribution in [3.05, 3.63) is 35.9 Å². The number of aliphatic hydroxyl groups excluding tert-OH is 1. The van der Waals surface area contributed by atoms with Gasteiger partial charge in [-0.3, -0.25) is 4.79 Å². The lowest BCUT2D eigenvalue weighted by Crippen LogP contribution is -2.42. The minimum Gasteiger partial charge on any atom is -0.394 e. The zero-order valence-corrected chi connectivity index (χ0v) is 10.8. The molecule has 0 saturated heterocycles. The molecule has 1 aromatic rings. The minimum atomic E-state index is -0.236. The van der Waals surface area contributed by atoms with Gasteiger partial charge in [-0.15, -0.1) is 0 Å². The summed E-state index contributed by atoms with van der Waals surface area (Å²) in [5, 5.41) is 12.2. The Morgan fingerprint density at radius 3 is 2.61 bits per heavy atom. The summed E-state index contributed by atoms with van der Waals surface area (Å²) in [6, 6.07) is 9.57. The molecule has 0 bridgehead atoms. The Balaban J connectivity index is 2.49. The summed E-state index contributed by atoms with van der Waals surface area (Å²) in [6.45, 7) is 2.28. The van der Waals surface area contributed by atoms with E-state index in [1.807, 2.05) is 37.3 Å². The zero-order chi connectivity index (χ0) is 13.4. The molecule has 100 valence electrons. The highest BCUT2D eigenvalue weighted by atomic mass is 16.3. The van der Waals surface area contributed by atoms with Gasteiger partial charge in [0.1, 0.15) is 0 Å². The van der Waals surface area contributed by atoms with Crippen LogP contribution < -0.4 is 11.1 Å². The van der Waals surface area contributed by atoms with Gasteiger partial charge in [0.05, 0.1) is 12.6 Å². The maximum absolute atomic E-state index is 11.8. The Labute approximate surface area is 108 Å². The monoisotopic (exact) mass is 250 g/mol. The number of nitrogens with one attached hydrogen (secondary N) is 1. The highest BCUT2D eigenvalue weighted by molar-refractivity contribution is 5.78. The van der Waals surface area contributed by atoms with Gasteiger partial charge in [-0.2, -0.15) is 0 Å². The van der Waals surface area contributed by atoms with Crippen LogP contribution in [0.25, 0.3) is 0 Å². The summed E-state index contributed by atoms with van der Waals surface area (Å²) >= 11 is 0. The molecule has 0 heterocycles. The van der Waals surface area contributed by atoms with E-state index in [9.17, 15) is 9.90 Å². The predicted molar refractivity (Wildman–Crippen MR) is 72.0 cm³/mol. The summed E-state index contributed by atoms with van der Waals surface area (Å²) in [6.07, 6.45) is 1.30. The van der Waals surface area contributed by atoms with Gasteiger partial charge in [0.15, 0.2) is 0 Å². The van der Waals surface area contributed by atoms with Crippen LogP contribution in [0.3, 0.4) is 0 Å². The molecule has 0 aliphatic heterocycles. The molecular weight excluding hydrogens is 228 g/mol. The summed E-state index contributed by atoms with van der Waals surface area (Å²) in [7, 11) is 0. The van der Waals surface area contributed by atoms with E-state index in [2.05, 4.69) is 5.32 Å². The molecule has 0 spiro atoms. The van der Waals surface area contributed by atoms with Crippen LogP contribution in [-0.2, 0) is 11.2 Å². The number of amides is 1. The lowest BCUT2D eigenvalue weighted by Gasteiger charge is -2.19. The Morgan fingerprint density at radius 2 is 2.06 bits per heavy atom. The van der Waals surface area contributed by atoms with Crippen LogP contribution in [0.15, 0.2) is 30.3 Å². The fourth-order valence-electron chi connectivity index (χ4n) is 1.78. The van der Waals surface area contributed by atoms with Gasteiger partial charge in [0.25, 0.3) is 0 Å². The maximum atomic E-state index is 11.8. The maximum Gasteiger partial charge on any atom is 0.223 e. The third kappa shape index (κ3) is 4.85. The Kier molecular flexibility index (Phi) is 6.39. The van der Waals surface area contributed by atoms with Crippen LogP contribution >= 0.6 is 0 Å². The van der Waals surface area contributed by atoms with Crippen molar-refractivity contribution < 1.29 is 9.90 Å². The highest BCUT2D eigenvalue weighted by Crippen LogP contribution is 2.05.